The van der Waals surface area contributed by atoms with E-state index in [0.717, 1.165) is 19.3 Å². The summed E-state index contributed by atoms with van der Waals surface area (Å²) in [4.78, 5) is 12.6. The smallest absolute Gasteiger partial charge is 0.257 e. The molecule has 4 nitrogen and oxygen atoms in total. The van der Waals surface area contributed by atoms with Crippen molar-refractivity contribution in [1.82, 2.24) is 10.5 Å². The second kappa shape index (κ2) is 8.68. The summed E-state index contributed by atoms with van der Waals surface area (Å²) >= 11 is 6.24. The van der Waals surface area contributed by atoms with Crippen molar-refractivity contribution in [2.75, 3.05) is 6.54 Å². The number of halogens is 1. The van der Waals surface area contributed by atoms with Crippen LogP contribution in [0.1, 0.15) is 34.5 Å². The number of aryl methyl sites for hydroxylation is 2. The maximum atomic E-state index is 12.6. The third-order valence-electron chi connectivity index (χ3n) is 4.24. The molecule has 0 unspecified atom stereocenters. The van der Waals surface area contributed by atoms with E-state index in [2.05, 4.69) is 22.6 Å². The van der Waals surface area contributed by atoms with Gasteiger partial charge in [-0.1, -0.05) is 65.3 Å². The zero-order valence-electron chi connectivity index (χ0n) is 14.7. The second-order valence-electron chi connectivity index (χ2n) is 6.14. The average molecular weight is 369 g/mol. The van der Waals surface area contributed by atoms with Crippen molar-refractivity contribution >= 4 is 17.5 Å². The normalized spacial score (nSPS) is 10.7. The number of nitrogens with one attached hydrogen (secondary N) is 1. The molecule has 0 spiro atoms. The SMILES string of the molecule is Cc1onc(-c2ccccc2Cl)c1C(=O)NCCCCc1ccccc1. The van der Waals surface area contributed by atoms with Crippen LogP contribution in [0.4, 0.5) is 0 Å². The van der Waals surface area contributed by atoms with Gasteiger partial charge in [0, 0.05) is 12.1 Å². The van der Waals surface area contributed by atoms with Crippen LogP contribution in [0.2, 0.25) is 5.02 Å². The van der Waals surface area contributed by atoms with Crippen LogP contribution in [0.15, 0.2) is 59.1 Å². The molecule has 0 fully saturated rings. The molecular weight excluding hydrogens is 348 g/mol. The Hall–Kier alpha value is -2.59. The molecule has 26 heavy (non-hydrogen) atoms. The maximum Gasteiger partial charge on any atom is 0.257 e. The second-order valence-corrected chi connectivity index (χ2v) is 6.55. The lowest BCUT2D eigenvalue weighted by Gasteiger charge is -2.07. The lowest BCUT2D eigenvalue weighted by molar-refractivity contribution is 0.0952. The first-order valence-electron chi connectivity index (χ1n) is 8.70. The Labute approximate surface area is 158 Å². The van der Waals surface area contributed by atoms with Crippen LogP contribution < -0.4 is 5.32 Å². The number of carbonyl (C=O) groups is 1. The van der Waals surface area contributed by atoms with Gasteiger partial charge in [-0.3, -0.25) is 4.79 Å². The third kappa shape index (κ3) is 4.33. The van der Waals surface area contributed by atoms with E-state index in [0.29, 0.717) is 34.1 Å². The number of amides is 1. The van der Waals surface area contributed by atoms with Gasteiger partial charge in [0.25, 0.3) is 5.91 Å². The molecule has 0 bridgehead atoms. The number of carbonyl (C=O) groups excluding carboxylic acids is 1. The molecule has 5 heteroatoms. The molecule has 0 saturated carbocycles. The molecule has 0 radical (unpaired) electrons. The monoisotopic (exact) mass is 368 g/mol. The van der Waals surface area contributed by atoms with Crippen molar-refractivity contribution in [3.8, 4) is 11.3 Å². The number of nitrogens with zero attached hydrogens (tertiary/aromatic N) is 1. The predicted molar refractivity (Wildman–Crippen MR) is 103 cm³/mol. The van der Waals surface area contributed by atoms with E-state index in [4.69, 9.17) is 16.1 Å². The summed E-state index contributed by atoms with van der Waals surface area (Å²) in [5.74, 6) is 0.306. The first-order valence-corrected chi connectivity index (χ1v) is 9.08. The number of hydrogen-bond donors (Lipinski definition) is 1. The highest BCUT2D eigenvalue weighted by molar-refractivity contribution is 6.33. The largest absolute Gasteiger partial charge is 0.360 e. The quantitative estimate of drug-likeness (QED) is 0.593. The Morgan fingerprint density at radius 1 is 1.08 bits per heavy atom. The molecule has 0 aliphatic rings. The van der Waals surface area contributed by atoms with Crippen LogP contribution in [-0.2, 0) is 6.42 Å². The van der Waals surface area contributed by atoms with Crippen LogP contribution in [0, 0.1) is 6.92 Å². The highest BCUT2D eigenvalue weighted by Crippen LogP contribution is 2.30. The average Bonchev–Trinajstić information content (AvgIpc) is 3.04. The van der Waals surface area contributed by atoms with Gasteiger partial charge >= 0.3 is 0 Å². The number of hydrogen-bond acceptors (Lipinski definition) is 3. The summed E-state index contributed by atoms with van der Waals surface area (Å²) in [7, 11) is 0. The van der Waals surface area contributed by atoms with Crippen molar-refractivity contribution in [1.29, 1.82) is 0 Å². The Balaban J connectivity index is 1.58. The first kappa shape index (κ1) is 18.2. The van der Waals surface area contributed by atoms with Crippen LogP contribution in [0.3, 0.4) is 0 Å². The van der Waals surface area contributed by atoms with Gasteiger partial charge in [-0.15, -0.1) is 0 Å². The fourth-order valence-electron chi connectivity index (χ4n) is 2.87. The number of aromatic nitrogens is 1. The Kier molecular flexibility index (Phi) is 6.08. The van der Waals surface area contributed by atoms with Gasteiger partial charge in [0.15, 0.2) is 0 Å². The summed E-state index contributed by atoms with van der Waals surface area (Å²) in [5.41, 5.74) is 2.94. The molecule has 0 atom stereocenters. The van der Waals surface area contributed by atoms with Gasteiger partial charge < -0.3 is 9.84 Å². The summed E-state index contributed by atoms with van der Waals surface area (Å²) in [6.45, 7) is 2.34. The van der Waals surface area contributed by atoms with Crippen LogP contribution in [0.25, 0.3) is 11.3 Å². The number of benzene rings is 2. The Morgan fingerprint density at radius 2 is 1.81 bits per heavy atom. The van der Waals surface area contributed by atoms with Gasteiger partial charge in [0.1, 0.15) is 17.0 Å². The Morgan fingerprint density at radius 3 is 2.58 bits per heavy atom. The standard InChI is InChI=1S/C21H21ClN2O2/c1-15-19(20(24-26-15)17-12-5-6-13-18(17)22)21(25)23-14-8-7-11-16-9-3-2-4-10-16/h2-6,9-10,12-13H,7-8,11,14H2,1H3,(H,23,25). The van der Waals surface area contributed by atoms with E-state index < -0.39 is 0 Å². The Bertz CT molecular complexity index is 875. The van der Waals surface area contributed by atoms with Crippen molar-refractivity contribution in [2.24, 2.45) is 0 Å². The van der Waals surface area contributed by atoms with E-state index in [1.165, 1.54) is 5.56 Å². The van der Waals surface area contributed by atoms with Gasteiger partial charge in [0.05, 0.1) is 5.02 Å². The summed E-state index contributed by atoms with van der Waals surface area (Å²) in [5, 5.41) is 7.53. The summed E-state index contributed by atoms with van der Waals surface area (Å²) in [6, 6.07) is 17.6. The summed E-state index contributed by atoms with van der Waals surface area (Å²) < 4.78 is 5.24. The van der Waals surface area contributed by atoms with Crippen molar-refractivity contribution < 1.29 is 9.32 Å². The highest BCUT2D eigenvalue weighted by atomic mass is 35.5. The molecule has 1 N–H and O–H groups in total. The number of unbranched alkanes of at least 4 members (excludes halogenated alkanes) is 1. The minimum Gasteiger partial charge on any atom is -0.360 e. The molecule has 1 amide bonds. The molecule has 0 aliphatic carbocycles. The number of rotatable bonds is 7. The fourth-order valence-corrected chi connectivity index (χ4v) is 3.09. The van der Waals surface area contributed by atoms with Crippen molar-refractivity contribution in [3.05, 3.63) is 76.5 Å². The molecule has 3 aromatic rings. The lowest BCUT2D eigenvalue weighted by atomic mass is 10.1. The minimum absolute atomic E-state index is 0.182. The van der Waals surface area contributed by atoms with Crippen molar-refractivity contribution in [2.45, 2.75) is 26.2 Å². The molecule has 0 aliphatic heterocycles. The molecule has 3 rings (SSSR count). The van der Waals surface area contributed by atoms with Crippen LogP contribution in [0.5, 0.6) is 0 Å². The van der Waals surface area contributed by atoms with Crippen LogP contribution in [-0.4, -0.2) is 17.6 Å². The van der Waals surface area contributed by atoms with Gasteiger partial charge in [-0.2, -0.15) is 0 Å². The first-order chi connectivity index (χ1) is 12.7. The van der Waals surface area contributed by atoms with E-state index in [-0.39, 0.29) is 5.91 Å². The fraction of sp³-hybridized carbons (Fsp3) is 0.238. The topological polar surface area (TPSA) is 55.1 Å². The maximum absolute atomic E-state index is 12.6. The van der Waals surface area contributed by atoms with E-state index in [9.17, 15) is 4.79 Å². The third-order valence-corrected chi connectivity index (χ3v) is 4.57. The van der Waals surface area contributed by atoms with Gasteiger partial charge in [-0.25, -0.2) is 0 Å². The van der Waals surface area contributed by atoms with E-state index in [1.54, 1.807) is 13.0 Å². The molecule has 134 valence electrons. The summed E-state index contributed by atoms with van der Waals surface area (Å²) in [6.07, 6.45) is 2.94. The molecule has 1 aromatic heterocycles. The zero-order valence-corrected chi connectivity index (χ0v) is 15.4. The van der Waals surface area contributed by atoms with Gasteiger partial charge in [-0.05, 0) is 37.8 Å². The molecule has 0 saturated heterocycles. The lowest BCUT2D eigenvalue weighted by Crippen LogP contribution is -2.25. The molecule has 2 aromatic carbocycles. The minimum atomic E-state index is -0.182. The van der Waals surface area contributed by atoms with E-state index >= 15 is 0 Å². The van der Waals surface area contributed by atoms with Crippen LogP contribution >= 0.6 is 11.6 Å². The molecular formula is C21H21ClN2O2. The van der Waals surface area contributed by atoms with Gasteiger partial charge in [0.2, 0.25) is 0 Å². The highest BCUT2D eigenvalue weighted by Gasteiger charge is 2.22. The molecule has 1 heterocycles. The van der Waals surface area contributed by atoms with Crippen molar-refractivity contribution in [3.63, 3.8) is 0 Å². The van der Waals surface area contributed by atoms with E-state index in [1.807, 2.05) is 36.4 Å². The zero-order chi connectivity index (χ0) is 18.4. The predicted octanol–water partition coefficient (Wildman–Crippen LogP) is 5.06.